The molecule has 1 aliphatic heterocycles. The van der Waals surface area contributed by atoms with E-state index >= 15 is 0 Å². The summed E-state index contributed by atoms with van der Waals surface area (Å²) in [5, 5.41) is 0. The van der Waals surface area contributed by atoms with Crippen LogP contribution in [0.25, 0.3) is 0 Å². The number of piperazine rings is 1. The van der Waals surface area contributed by atoms with E-state index in [1.165, 1.54) is 30.3 Å². The lowest BCUT2D eigenvalue weighted by Gasteiger charge is -2.34. The van der Waals surface area contributed by atoms with Crippen LogP contribution in [-0.4, -0.2) is 41.9 Å². The Morgan fingerprint density at radius 1 is 0.962 bits per heavy atom. The van der Waals surface area contributed by atoms with Gasteiger partial charge in [-0.1, -0.05) is 18.2 Å². The maximum atomic E-state index is 13.0. The Morgan fingerprint density at radius 2 is 1.62 bits per heavy atom. The van der Waals surface area contributed by atoms with Crippen molar-refractivity contribution in [1.29, 1.82) is 0 Å². The Labute approximate surface area is 148 Å². The fourth-order valence-electron chi connectivity index (χ4n) is 2.99. The molecule has 0 N–H and O–H groups in total. The number of halogens is 4. The third-order valence-corrected chi connectivity index (χ3v) is 4.41. The average Bonchev–Trinajstić information content (AvgIpc) is 2.62. The van der Waals surface area contributed by atoms with Crippen molar-refractivity contribution >= 4 is 5.91 Å². The van der Waals surface area contributed by atoms with Crippen LogP contribution in [0.3, 0.4) is 0 Å². The van der Waals surface area contributed by atoms with Crippen LogP contribution in [0.4, 0.5) is 17.6 Å². The highest BCUT2D eigenvalue weighted by Crippen LogP contribution is 2.29. The van der Waals surface area contributed by atoms with Crippen LogP contribution >= 0.6 is 0 Å². The first-order valence-corrected chi connectivity index (χ1v) is 8.26. The molecular formula is C19H18F4N2O. The fraction of sp³-hybridized carbons (Fsp3) is 0.316. The van der Waals surface area contributed by atoms with Crippen molar-refractivity contribution in [2.75, 3.05) is 26.2 Å². The zero-order chi connectivity index (χ0) is 18.7. The summed E-state index contributed by atoms with van der Waals surface area (Å²) in [5.41, 5.74) is 0.371. The Hall–Kier alpha value is -2.41. The van der Waals surface area contributed by atoms with Crippen molar-refractivity contribution < 1.29 is 22.4 Å². The van der Waals surface area contributed by atoms with Crippen LogP contribution in [-0.2, 0) is 12.7 Å². The van der Waals surface area contributed by atoms with Gasteiger partial charge in [0.2, 0.25) is 0 Å². The topological polar surface area (TPSA) is 23.6 Å². The molecule has 1 amide bonds. The van der Waals surface area contributed by atoms with E-state index in [4.69, 9.17) is 0 Å². The summed E-state index contributed by atoms with van der Waals surface area (Å²) in [6, 6.07) is 10.7. The van der Waals surface area contributed by atoms with Crippen LogP contribution in [0, 0.1) is 5.82 Å². The Kier molecular flexibility index (Phi) is 5.27. The number of benzene rings is 2. The van der Waals surface area contributed by atoms with Gasteiger partial charge in [0.1, 0.15) is 5.82 Å². The number of carbonyl (C=O) groups excluding carboxylic acids is 1. The number of rotatable bonds is 3. The first-order valence-electron chi connectivity index (χ1n) is 8.26. The van der Waals surface area contributed by atoms with Crippen molar-refractivity contribution in [3.8, 4) is 0 Å². The van der Waals surface area contributed by atoms with Gasteiger partial charge in [-0.25, -0.2) is 4.39 Å². The second kappa shape index (κ2) is 7.45. The molecule has 0 saturated carbocycles. The summed E-state index contributed by atoms with van der Waals surface area (Å²) in [5.74, 6) is -0.559. The smallest absolute Gasteiger partial charge is 0.336 e. The first kappa shape index (κ1) is 18.4. The summed E-state index contributed by atoms with van der Waals surface area (Å²) in [6.45, 7) is 2.51. The van der Waals surface area contributed by atoms with Crippen LogP contribution in [0.2, 0.25) is 0 Å². The maximum absolute atomic E-state index is 13.0. The Morgan fingerprint density at radius 3 is 2.23 bits per heavy atom. The minimum absolute atomic E-state index is 0.163. The van der Waals surface area contributed by atoms with Crippen LogP contribution in [0.5, 0.6) is 0 Å². The maximum Gasteiger partial charge on any atom is 0.416 e. The zero-order valence-corrected chi connectivity index (χ0v) is 14.0. The van der Waals surface area contributed by atoms with Crippen LogP contribution in [0.15, 0.2) is 48.5 Å². The minimum Gasteiger partial charge on any atom is -0.336 e. The molecule has 0 aromatic heterocycles. The lowest BCUT2D eigenvalue weighted by Crippen LogP contribution is -2.48. The molecule has 0 atom stereocenters. The van der Waals surface area contributed by atoms with E-state index in [1.54, 1.807) is 11.0 Å². The predicted octanol–water partition coefficient (Wildman–Crippen LogP) is 3.80. The second-order valence-electron chi connectivity index (χ2n) is 6.27. The van der Waals surface area contributed by atoms with E-state index in [1.807, 2.05) is 4.90 Å². The molecule has 3 nitrogen and oxygen atoms in total. The largest absolute Gasteiger partial charge is 0.416 e. The SMILES string of the molecule is O=C(c1ccc(F)cc1)N1CCN(Cc2cccc(C(F)(F)F)c2)CC1. The van der Waals surface area contributed by atoms with Gasteiger partial charge in [-0.2, -0.15) is 13.2 Å². The third kappa shape index (κ3) is 4.40. The van der Waals surface area contributed by atoms with Gasteiger partial charge in [0.15, 0.2) is 0 Å². The van der Waals surface area contributed by atoms with Crippen LogP contribution < -0.4 is 0 Å². The molecule has 1 fully saturated rings. The molecule has 2 aromatic carbocycles. The molecule has 0 spiro atoms. The van der Waals surface area contributed by atoms with E-state index in [0.717, 1.165) is 12.1 Å². The van der Waals surface area contributed by atoms with Gasteiger partial charge in [-0.15, -0.1) is 0 Å². The molecule has 1 heterocycles. The summed E-state index contributed by atoms with van der Waals surface area (Å²) in [7, 11) is 0. The summed E-state index contributed by atoms with van der Waals surface area (Å²) >= 11 is 0. The van der Waals surface area contributed by atoms with Crippen LogP contribution in [0.1, 0.15) is 21.5 Å². The van der Waals surface area contributed by atoms with Gasteiger partial charge in [0, 0.05) is 38.3 Å². The quantitative estimate of drug-likeness (QED) is 0.772. The van der Waals surface area contributed by atoms with E-state index in [9.17, 15) is 22.4 Å². The standard InChI is InChI=1S/C19H18F4N2O/c20-17-6-4-15(5-7-17)18(26)25-10-8-24(9-11-25)13-14-2-1-3-16(12-14)19(21,22)23/h1-7,12H,8-11,13H2. The molecule has 0 unspecified atom stereocenters. The monoisotopic (exact) mass is 366 g/mol. The van der Waals surface area contributed by atoms with E-state index in [-0.39, 0.29) is 5.91 Å². The lowest BCUT2D eigenvalue weighted by atomic mass is 10.1. The Bertz CT molecular complexity index is 766. The van der Waals surface area contributed by atoms with E-state index in [2.05, 4.69) is 0 Å². The van der Waals surface area contributed by atoms with Gasteiger partial charge in [0.25, 0.3) is 5.91 Å². The number of nitrogens with zero attached hydrogens (tertiary/aromatic N) is 2. The van der Waals surface area contributed by atoms with E-state index < -0.39 is 17.6 Å². The molecule has 0 radical (unpaired) electrons. The molecule has 7 heteroatoms. The number of hydrogen-bond donors (Lipinski definition) is 0. The van der Waals surface area contributed by atoms with E-state index in [0.29, 0.717) is 43.9 Å². The number of carbonyl (C=O) groups is 1. The van der Waals surface area contributed by atoms with Gasteiger partial charge >= 0.3 is 6.18 Å². The summed E-state index contributed by atoms with van der Waals surface area (Å²) < 4.78 is 51.3. The van der Waals surface area contributed by atoms with Gasteiger partial charge in [-0.05, 0) is 35.9 Å². The molecule has 0 bridgehead atoms. The predicted molar refractivity (Wildman–Crippen MR) is 89.0 cm³/mol. The highest BCUT2D eigenvalue weighted by molar-refractivity contribution is 5.94. The zero-order valence-electron chi connectivity index (χ0n) is 14.0. The van der Waals surface area contributed by atoms with Crippen molar-refractivity contribution in [3.63, 3.8) is 0 Å². The average molecular weight is 366 g/mol. The third-order valence-electron chi connectivity index (χ3n) is 4.41. The summed E-state index contributed by atoms with van der Waals surface area (Å²) in [6.07, 6.45) is -4.35. The van der Waals surface area contributed by atoms with Crippen molar-refractivity contribution in [2.45, 2.75) is 12.7 Å². The van der Waals surface area contributed by atoms with Gasteiger partial charge in [-0.3, -0.25) is 9.69 Å². The molecule has 0 aliphatic carbocycles. The number of alkyl halides is 3. The summed E-state index contributed by atoms with van der Waals surface area (Å²) in [4.78, 5) is 16.1. The Balaban J connectivity index is 1.57. The molecule has 3 rings (SSSR count). The molecule has 2 aromatic rings. The molecule has 1 saturated heterocycles. The normalized spacial score (nSPS) is 15.9. The van der Waals surface area contributed by atoms with Crippen molar-refractivity contribution in [3.05, 3.63) is 71.0 Å². The van der Waals surface area contributed by atoms with Gasteiger partial charge in [0.05, 0.1) is 5.56 Å². The first-order chi connectivity index (χ1) is 12.3. The highest BCUT2D eigenvalue weighted by atomic mass is 19.4. The number of hydrogen-bond acceptors (Lipinski definition) is 2. The molecule has 1 aliphatic rings. The highest BCUT2D eigenvalue weighted by Gasteiger charge is 2.30. The lowest BCUT2D eigenvalue weighted by molar-refractivity contribution is -0.137. The van der Waals surface area contributed by atoms with Gasteiger partial charge < -0.3 is 4.90 Å². The molecule has 26 heavy (non-hydrogen) atoms. The second-order valence-corrected chi connectivity index (χ2v) is 6.27. The van der Waals surface area contributed by atoms with Crippen molar-refractivity contribution in [1.82, 2.24) is 9.80 Å². The van der Waals surface area contributed by atoms with Crippen molar-refractivity contribution in [2.24, 2.45) is 0 Å². The molecule has 138 valence electrons. The molecular weight excluding hydrogens is 348 g/mol. The fourth-order valence-corrected chi connectivity index (χ4v) is 2.99. The number of amides is 1. The minimum atomic E-state index is -4.35.